The van der Waals surface area contributed by atoms with Crippen molar-refractivity contribution in [2.75, 3.05) is 0 Å². The van der Waals surface area contributed by atoms with Crippen molar-refractivity contribution < 1.29 is 5.11 Å². The molecular weight excluding hydrogens is 368 g/mol. The lowest BCUT2D eigenvalue weighted by Crippen LogP contribution is -2.13. The maximum Gasteiger partial charge on any atom is 0.310 e. The Bertz CT molecular complexity index is 1120. The number of benzene rings is 2. The van der Waals surface area contributed by atoms with E-state index in [9.17, 15) is 9.90 Å². The summed E-state index contributed by atoms with van der Waals surface area (Å²) in [5.41, 5.74) is 4.47. The predicted octanol–water partition coefficient (Wildman–Crippen LogP) is 4.96. The van der Waals surface area contributed by atoms with E-state index in [2.05, 4.69) is 4.99 Å². The Hall–Kier alpha value is -2.63. The van der Waals surface area contributed by atoms with Gasteiger partial charge < -0.3 is 5.11 Å². The molecule has 3 aromatic rings. The van der Waals surface area contributed by atoms with Crippen LogP contribution >= 0.6 is 22.9 Å². The second-order valence-corrected chi connectivity index (χ2v) is 7.41. The molecule has 1 N–H and O–H groups in total. The third-order valence-corrected chi connectivity index (χ3v) is 5.61. The first-order chi connectivity index (χ1) is 12.5. The van der Waals surface area contributed by atoms with Gasteiger partial charge in [0.15, 0.2) is 0 Å². The van der Waals surface area contributed by atoms with Crippen LogP contribution in [0.5, 0.6) is 5.88 Å². The summed E-state index contributed by atoms with van der Waals surface area (Å²) in [6.45, 7) is 2.15. The minimum atomic E-state index is -0.227. The van der Waals surface area contributed by atoms with Crippen LogP contribution in [0.1, 0.15) is 22.9 Å². The van der Waals surface area contributed by atoms with Crippen LogP contribution in [0.4, 0.5) is 5.69 Å². The van der Waals surface area contributed by atoms with Gasteiger partial charge in [-0.3, -0.25) is 14.4 Å². The average molecular weight is 383 g/mol. The zero-order chi connectivity index (χ0) is 18.3. The average Bonchev–Trinajstić information content (AvgIpc) is 3.08. The first kappa shape index (κ1) is 16.8. The fraction of sp³-hybridized carbons (Fsp3) is 0.100. The zero-order valence-corrected chi connectivity index (χ0v) is 15.5. The van der Waals surface area contributed by atoms with Gasteiger partial charge in [-0.1, -0.05) is 59.3 Å². The maximum absolute atomic E-state index is 12.4. The summed E-state index contributed by atoms with van der Waals surface area (Å²) in [6, 6.07) is 15.1. The molecule has 0 spiro atoms. The number of rotatable bonds is 3. The molecule has 6 heteroatoms. The second-order valence-electron chi connectivity index (χ2n) is 6.01. The number of thiazole rings is 1. The van der Waals surface area contributed by atoms with E-state index in [0.29, 0.717) is 9.90 Å². The van der Waals surface area contributed by atoms with Gasteiger partial charge in [0.1, 0.15) is 0 Å². The van der Waals surface area contributed by atoms with Gasteiger partial charge in [0.05, 0.1) is 17.1 Å². The molecule has 0 fully saturated rings. The molecule has 130 valence electrons. The van der Waals surface area contributed by atoms with Gasteiger partial charge in [-0.05, 0) is 30.7 Å². The SMILES string of the molecule is CC1=Nc2ccccc2/C1=C\c1sc(=O)n(Cc2ccccc2Cl)c1O. The molecule has 1 aliphatic heterocycles. The molecule has 0 saturated carbocycles. The molecule has 0 aliphatic carbocycles. The van der Waals surface area contributed by atoms with E-state index in [4.69, 9.17) is 11.6 Å². The van der Waals surface area contributed by atoms with Crippen LogP contribution < -0.4 is 4.87 Å². The van der Waals surface area contributed by atoms with Crippen molar-refractivity contribution in [1.82, 2.24) is 4.57 Å². The van der Waals surface area contributed by atoms with Crippen LogP contribution in [0.25, 0.3) is 11.6 Å². The number of hydrogen-bond acceptors (Lipinski definition) is 4. The van der Waals surface area contributed by atoms with Crippen molar-refractivity contribution in [3.05, 3.63) is 79.2 Å². The molecule has 0 amide bonds. The lowest BCUT2D eigenvalue weighted by molar-refractivity contribution is 0.420. The Labute approximate surface area is 159 Å². The molecule has 1 aromatic heterocycles. The van der Waals surface area contributed by atoms with Crippen LogP contribution in [0.15, 0.2) is 58.3 Å². The van der Waals surface area contributed by atoms with E-state index >= 15 is 0 Å². The van der Waals surface area contributed by atoms with E-state index in [-0.39, 0.29) is 17.3 Å². The molecule has 0 radical (unpaired) electrons. The monoisotopic (exact) mass is 382 g/mol. The Morgan fingerprint density at radius 3 is 2.73 bits per heavy atom. The highest BCUT2D eigenvalue weighted by atomic mass is 35.5. The van der Waals surface area contributed by atoms with E-state index in [0.717, 1.165) is 39.4 Å². The van der Waals surface area contributed by atoms with Crippen molar-refractivity contribution in [3.63, 3.8) is 0 Å². The van der Waals surface area contributed by atoms with Gasteiger partial charge in [-0.15, -0.1) is 0 Å². The quantitative estimate of drug-likeness (QED) is 0.695. The number of fused-ring (bicyclic) bond motifs is 1. The maximum atomic E-state index is 12.4. The Kier molecular flexibility index (Phi) is 4.26. The summed E-state index contributed by atoms with van der Waals surface area (Å²) in [5, 5.41) is 11.2. The van der Waals surface area contributed by atoms with E-state index in [1.165, 1.54) is 4.57 Å². The highest BCUT2D eigenvalue weighted by molar-refractivity contribution is 7.10. The van der Waals surface area contributed by atoms with Crippen molar-refractivity contribution in [2.24, 2.45) is 4.99 Å². The smallest absolute Gasteiger partial charge is 0.310 e. The highest BCUT2D eigenvalue weighted by Crippen LogP contribution is 2.37. The first-order valence-corrected chi connectivity index (χ1v) is 9.27. The van der Waals surface area contributed by atoms with E-state index in [1.807, 2.05) is 55.5 Å². The van der Waals surface area contributed by atoms with Crippen LogP contribution in [0.3, 0.4) is 0 Å². The molecule has 2 heterocycles. The lowest BCUT2D eigenvalue weighted by Gasteiger charge is -2.06. The second kappa shape index (κ2) is 6.59. The number of nitrogens with zero attached hydrogens (tertiary/aromatic N) is 2. The number of allylic oxidation sites excluding steroid dienone is 1. The zero-order valence-electron chi connectivity index (χ0n) is 13.9. The van der Waals surface area contributed by atoms with Crippen LogP contribution in [0.2, 0.25) is 5.02 Å². The minimum absolute atomic E-state index is 0.0513. The molecule has 0 unspecified atom stereocenters. The lowest BCUT2D eigenvalue weighted by atomic mass is 10.0. The van der Waals surface area contributed by atoms with Crippen LogP contribution in [0, 0.1) is 0 Å². The molecule has 4 rings (SSSR count). The van der Waals surface area contributed by atoms with E-state index in [1.54, 1.807) is 6.07 Å². The number of aromatic hydroxyl groups is 1. The van der Waals surface area contributed by atoms with Gasteiger partial charge in [0.2, 0.25) is 5.88 Å². The standard InChI is InChI=1S/C20H15ClN2O2S/c1-12-15(14-7-3-5-9-17(14)22-12)10-18-19(24)23(20(25)26-18)11-13-6-2-4-8-16(13)21/h2-10,24H,11H2,1H3/b15-10-. The van der Waals surface area contributed by atoms with Gasteiger partial charge >= 0.3 is 4.87 Å². The van der Waals surface area contributed by atoms with Crippen molar-refractivity contribution >= 4 is 46.0 Å². The molecule has 0 atom stereocenters. The molecule has 0 saturated heterocycles. The Morgan fingerprint density at radius 2 is 1.92 bits per heavy atom. The third kappa shape index (κ3) is 2.89. The third-order valence-electron chi connectivity index (χ3n) is 4.33. The summed E-state index contributed by atoms with van der Waals surface area (Å²) in [6.07, 6.45) is 1.83. The summed E-state index contributed by atoms with van der Waals surface area (Å²) in [7, 11) is 0. The normalized spacial score (nSPS) is 14.5. The fourth-order valence-corrected chi connectivity index (χ4v) is 4.02. The van der Waals surface area contributed by atoms with Gasteiger partial charge in [0.25, 0.3) is 0 Å². The largest absolute Gasteiger partial charge is 0.493 e. The minimum Gasteiger partial charge on any atom is -0.493 e. The summed E-state index contributed by atoms with van der Waals surface area (Å²) < 4.78 is 1.34. The predicted molar refractivity (Wildman–Crippen MR) is 108 cm³/mol. The number of aromatic nitrogens is 1. The van der Waals surface area contributed by atoms with Crippen LogP contribution in [-0.2, 0) is 6.54 Å². The van der Waals surface area contributed by atoms with Gasteiger partial charge in [-0.25, -0.2) is 0 Å². The number of aliphatic imine (C=N–C) groups is 1. The van der Waals surface area contributed by atoms with Crippen LogP contribution in [-0.4, -0.2) is 15.4 Å². The highest BCUT2D eigenvalue weighted by Gasteiger charge is 2.20. The Morgan fingerprint density at radius 1 is 1.19 bits per heavy atom. The number of halogens is 1. The molecule has 26 heavy (non-hydrogen) atoms. The number of para-hydroxylation sites is 1. The molecule has 4 nitrogen and oxygen atoms in total. The first-order valence-electron chi connectivity index (χ1n) is 8.07. The summed E-state index contributed by atoms with van der Waals surface area (Å²) in [5.74, 6) is -0.0513. The van der Waals surface area contributed by atoms with Crippen molar-refractivity contribution in [2.45, 2.75) is 13.5 Å². The molecule has 2 aromatic carbocycles. The summed E-state index contributed by atoms with van der Waals surface area (Å²) >= 11 is 7.19. The fourth-order valence-electron chi connectivity index (χ4n) is 2.99. The van der Waals surface area contributed by atoms with E-state index < -0.39 is 0 Å². The van der Waals surface area contributed by atoms with Crippen molar-refractivity contribution in [1.29, 1.82) is 0 Å². The molecule has 1 aliphatic rings. The number of hydrogen-bond donors (Lipinski definition) is 1. The molecular formula is C20H15ClN2O2S. The van der Waals surface area contributed by atoms with Gasteiger partial charge in [-0.2, -0.15) is 0 Å². The Balaban J connectivity index is 1.75. The summed E-state index contributed by atoms with van der Waals surface area (Å²) in [4.78, 5) is 17.2. The van der Waals surface area contributed by atoms with Gasteiger partial charge in [0, 0.05) is 21.9 Å². The topological polar surface area (TPSA) is 54.6 Å². The molecule has 0 bridgehead atoms. The van der Waals surface area contributed by atoms with Crippen molar-refractivity contribution in [3.8, 4) is 5.88 Å².